The summed E-state index contributed by atoms with van der Waals surface area (Å²) in [6, 6.07) is 4.74. The number of nitrogens with zero attached hydrogens (tertiary/aromatic N) is 1. The predicted molar refractivity (Wildman–Crippen MR) is 124 cm³/mol. The van der Waals surface area contributed by atoms with Crippen LogP contribution in [0.3, 0.4) is 0 Å². The average molecular weight is 480 g/mol. The van der Waals surface area contributed by atoms with Crippen molar-refractivity contribution >= 4 is 27.5 Å². The molecule has 4 rings (SSSR count). The molecule has 3 aliphatic rings. The van der Waals surface area contributed by atoms with Gasteiger partial charge in [-0.3, -0.25) is 14.3 Å². The van der Waals surface area contributed by atoms with Gasteiger partial charge in [0.25, 0.3) is 5.91 Å². The molecule has 9 nitrogen and oxygen atoms in total. The maximum absolute atomic E-state index is 13.2. The highest BCUT2D eigenvalue weighted by Gasteiger charge is 2.39. The van der Waals surface area contributed by atoms with Gasteiger partial charge in [-0.05, 0) is 43.9 Å². The Morgan fingerprint density at radius 2 is 1.91 bits per heavy atom. The number of ether oxygens (including phenoxy) is 2. The number of rotatable bonds is 5. The van der Waals surface area contributed by atoms with Gasteiger partial charge in [-0.2, -0.15) is 0 Å². The van der Waals surface area contributed by atoms with Crippen molar-refractivity contribution in [3.05, 3.63) is 23.8 Å². The first-order valence-corrected chi connectivity index (χ1v) is 13.6. The Labute approximate surface area is 195 Å². The first-order chi connectivity index (χ1) is 15.7. The van der Waals surface area contributed by atoms with Crippen LogP contribution in [0, 0.1) is 0 Å². The summed E-state index contributed by atoms with van der Waals surface area (Å²) in [5.41, 5.74) is 0.612. The lowest BCUT2D eigenvalue weighted by Gasteiger charge is -2.42. The van der Waals surface area contributed by atoms with Crippen molar-refractivity contribution in [2.45, 2.75) is 75.7 Å². The Bertz CT molecular complexity index is 992. The van der Waals surface area contributed by atoms with E-state index in [1.165, 1.54) is 25.3 Å². The number of hydrogen-bond donors (Lipinski definition) is 2. The number of likely N-dealkylation sites (N-methyl/N-ethyl adjacent to an activating group) is 1. The minimum Gasteiger partial charge on any atom is -0.490 e. The number of carbonyl (C=O) groups is 2. The molecule has 0 spiro atoms. The summed E-state index contributed by atoms with van der Waals surface area (Å²) < 4.78 is 37.7. The number of nitrogens with one attached hydrogen (secondary N) is 2. The second kappa shape index (κ2) is 9.89. The zero-order valence-corrected chi connectivity index (χ0v) is 20.0. The monoisotopic (exact) mass is 479 g/mol. The predicted octanol–water partition coefficient (Wildman–Crippen LogP) is 2.28. The van der Waals surface area contributed by atoms with Gasteiger partial charge < -0.3 is 19.7 Å². The Balaban J connectivity index is 1.42. The highest BCUT2D eigenvalue weighted by molar-refractivity contribution is 7.92. The van der Waals surface area contributed by atoms with Crippen LogP contribution in [0.2, 0.25) is 0 Å². The Morgan fingerprint density at radius 3 is 2.64 bits per heavy atom. The topological polar surface area (TPSA) is 114 Å². The molecule has 0 bridgehead atoms. The molecule has 0 aromatic heterocycles. The van der Waals surface area contributed by atoms with E-state index in [1.807, 2.05) is 0 Å². The number of sulfonamides is 1. The molecular formula is C23H33N3O6S. The number of amides is 2. The zero-order chi connectivity index (χ0) is 23.6. The molecule has 182 valence electrons. The lowest BCUT2D eigenvalue weighted by molar-refractivity contribution is -0.134. The second-order valence-electron chi connectivity index (χ2n) is 9.36. The minimum absolute atomic E-state index is 0.0257. The molecule has 0 unspecified atom stereocenters. The molecule has 10 heteroatoms. The number of carbonyl (C=O) groups excluding carboxylic acids is 2. The zero-order valence-electron chi connectivity index (χ0n) is 19.2. The van der Waals surface area contributed by atoms with Gasteiger partial charge in [0, 0.05) is 18.8 Å². The Morgan fingerprint density at radius 1 is 1.15 bits per heavy atom. The molecule has 1 saturated heterocycles. The summed E-state index contributed by atoms with van der Waals surface area (Å²) in [5, 5.41) is 3.15. The van der Waals surface area contributed by atoms with E-state index in [4.69, 9.17) is 9.47 Å². The largest absolute Gasteiger partial charge is 0.490 e. The number of hydrogen-bond acceptors (Lipinski definition) is 6. The number of anilines is 1. The van der Waals surface area contributed by atoms with Crippen molar-refractivity contribution in [1.29, 1.82) is 0 Å². The normalized spacial score (nSPS) is 26.3. The van der Waals surface area contributed by atoms with E-state index in [2.05, 4.69) is 10.0 Å². The van der Waals surface area contributed by atoms with Crippen molar-refractivity contribution in [1.82, 2.24) is 10.2 Å². The van der Waals surface area contributed by atoms with Gasteiger partial charge in [0.15, 0.2) is 0 Å². The molecular weight excluding hydrogens is 446 g/mol. The third-order valence-corrected chi connectivity index (χ3v) is 7.30. The van der Waals surface area contributed by atoms with Gasteiger partial charge in [-0.1, -0.05) is 19.3 Å². The Hall–Kier alpha value is -2.33. The maximum atomic E-state index is 13.2. The lowest BCUT2D eigenvalue weighted by Crippen LogP contribution is -2.54. The van der Waals surface area contributed by atoms with Crippen LogP contribution in [0.1, 0.15) is 61.7 Å². The molecule has 0 radical (unpaired) electrons. The highest BCUT2D eigenvalue weighted by atomic mass is 32.2. The lowest BCUT2D eigenvalue weighted by atomic mass is 9.93. The average Bonchev–Trinajstić information content (AvgIpc) is 2.76. The van der Waals surface area contributed by atoms with Gasteiger partial charge in [0.1, 0.15) is 18.5 Å². The quantitative estimate of drug-likeness (QED) is 0.670. The molecule has 1 aromatic rings. The van der Waals surface area contributed by atoms with Crippen molar-refractivity contribution in [3.63, 3.8) is 0 Å². The summed E-state index contributed by atoms with van der Waals surface area (Å²) >= 11 is 0. The van der Waals surface area contributed by atoms with Crippen molar-refractivity contribution in [3.8, 4) is 5.75 Å². The van der Waals surface area contributed by atoms with E-state index in [0.29, 0.717) is 36.3 Å². The van der Waals surface area contributed by atoms with Gasteiger partial charge in [0.05, 0.1) is 30.4 Å². The molecule has 2 aliphatic heterocycles. The second-order valence-corrected chi connectivity index (χ2v) is 11.1. The van der Waals surface area contributed by atoms with E-state index in [1.54, 1.807) is 24.1 Å². The maximum Gasteiger partial charge on any atom is 0.257 e. The van der Waals surface area contributed by atoms with E-state index < -0.39 is 10.0 Å². The van der Waals surface area contributed by atoms with Gasteiger partial charge in [0.2, 0.25) is 15.9 Å². The molecule has 2 heterocycles. The summed E-state index contributed by atoms with van der Waals surface area (Å²) in [5.74, 6) is 0.150. The Kier molecular flexibility index (Phi) is 7.13. The summed E-state index contributed by atoms with van der Waals surface area (Å²) in [6.07, 6.45) is 7.87. The third kappa shape index (κ3) is 5.97. The number of fused-ring (bicyclic) bond motifs is 2. The third-order valence-electron chi connectivity index (χ3n) is 6.70. The minimum atomic E-state index is -3.46. The van der Waals surface area contributed by atoms with Crippen molar-refractivity contribution in [2.24, 2.45) is 0 Å². The van der Waals surface area contributed by atoms with Gasteiger partial charge in [-0.25, -0.2) is 8.42 Å². The van der Waals surface area contributed by atoms with E-state index >= 15 is 0 Å². The SMILES string of the molecule is CN1C(=O)c2cc(NS(C)(=O)=O)ccc2OC[C@@H]2O[C@@H](CC(=O)NC3CCCCC3)CC[C@@H]21. The fraction of sp³-hybridized carbons (Fsp3) is 0.652. The van der Waals surface area contributed by atoms with Crippen LogP contribution in [0.4, 0.5) is 5.69 Å². The van der Waals surface area contributed by atoms with Crippen molar-refractivity contribution in [2.75, 3.05) is 24.6 Å². The molecule has 33 heavy (non-hydrogen) atoms. The van der Waals surface area contributed by atoms with Crippen LogP contribution in [0.5, 0.6) is 5.75 Å². The van der Waals surface area contributed by atoms with E-state index in [0.717, 1.165) is 19.1 Å². The fourth-order valence-electron chi connectivity index (χ4n) is 5.05. The van der Waals surface area contributed by atoms with Crippen LogP contribution in [-0.4, -0.2) is 69.3 Å². The van der Waals surface area contributed by atoms with Gasteiger partial charge in [-0.15, -0.1) is 0 Å². The smallest absolute Gasteiger partial charge is 0.257 e. The summed E-state index contributed by atoms with van der Waals surface area (Å²) in [6.45, 7) is 0.245. The van der Waals surface area contributed by atoms with Crippen LogP contribution in [0.15, 0.2) is 18.2 Å². The summed E-state index contributed by atoms with van der Waals surface area (Å²) in [4.78, 5) is 27.4. The summed E-state index contributed by atoms with van der Waals surface area (Å²) in [7, 11) is -1.74. The molecule has 3 atom stereocenters. The first kappa shape index (κ1) is 23.8. The van der Waals surface area contributed by atoms with Gasteiger partial charge >= 0.3 is 0 Å². The van der Waals surface area contributed by atoms with Crippen LogP contribution in [-0.2, 0) is 19.6 Å². The van der Waals surface area contributed by atoms with Crippen molar-refractivity contribution < 1.29 is 27.5 Å². The van der Waals surface area contributed by atoms with E-state index in [9.17, 15) is 18.0 Å². The van der Waals surface area contributed by atoms with E-state index in [-0.39, 0.29) is 42.7 Å². The highest BCUT2D eigenvalue weighted by Crippen LogP contribution is 2.32. The first-order valence-electron chi connectivity index (χ1n) is 11.7. The number of benzene rings is 1. The molecule has 1 aliphatic carbocycles. The molecule has 2 N–H and O–H groups in total. The molecule has 2 fully saturated rings. The molecule has 1 saturated carbocycles. The molecule has 1 aromatic carbocycles. The van der Waals surface area contributed by atoms with Crippen LogP contribution >= 0.6 is 0 Å². The molecule has 2 amide bonds. The van der Waals surface area contributed by atoms with Crippen LogP contribution in [0.25, 0.3) is 0 Å². The standard InChI is InChI=1S/C23H33N3O6S/c1-26-19-10-9-17(13-22(27)24-15-6-4-3-5-7-15)32-21(19)14-31-20-11-8-16(25-33(2,29)30)12-18(20)23(26)28/h8,11-12,15,17,19,21,25H,3-7,9-10,13-14H2,1-2H3,(H,24,27)/t17-,19+,21+/m1/s1. The fourth-order valence-corrected chi connectivity index (χ4v) is 5.60. The van der Waals surface area contributed by atoms with Crippen LogP contribution < -0.4 is 14.8 Å².